The van der Waals surface area contributed by atoms with Gasteiger partial charge in [0.1, 0.15) is 5.78 Å². The summed E-state index contributed by atoms with van der Waals surface area (Å²) < 4.78 is 6.96. The highest BCUT2D eigenvalue weighted by Crippen LogP contribution is 2.61. The van der Waals surface area contributed by atoms with Crippen molar-refractivity contribution in [1.82, 2.24) is 0 Å². The number of Topliss-reactive ketones (excluding diaryl/α,β-unsaturated/α-hetero) is 1. The topological polar surface area (TPSA) is 26.3 Å². The first-order chi connectivity index (χ1) is 15.2. The Kier molecular flexibility index (Phi) is 6.70. The van der Waals surface area contributed by atoms with Gasteiger partial charge in [-0.05, 0) is 105 Å². The van der Waals surface area contributed by atoms with E-state index in [-0.39, 0.29) is 23.0 Å². The molecule has 0 aromatic rings. The van der Waals surface area contributed by atoms with Crippen LogP contribution in [0.1, 0.15) is 93.9 Å². The van der Waals surface area contributed by atoms with Gasteiger partial charge in [0, 0.05) is 17.9 Å². The van der Waals surface area contributed by atoms with Gasteiger partial charge in [-0.25, -0.2) is 0 Å². The Bertz CT molecular complexity index is 790. The molecule has 3 saturated carbocycles. The zero-order valence-corrected chi connectivity index (χ0v) is 24.3. The number of carbonyl (C=O) groups excluding carboxylic acids is 1. The molecule has 4 aliphatic carbocycles. The highest BCUT2D eigenvalue weighted by Gasteiger charge is 2.56. The molecular formula is C30H52O2Si. The summed E-state index contributed by atoms with van der Waals surface area (Å²) in [4.78, 5) is 14.3. The van der Waals surface area contributed by atoms with Gasteiger partial charge in [-0.3, -0.25) is 4.79 Å². The van der Waals surface area contributed by atoms with Crippen molar-refractivity contribution >= 4 is 14.1 Å². The molecular weight excluding hydrogens is 420 g/mol. The number of hydrogen-bond donors (Lipinski definition) is 0. The fraction of sp³-hybridized carbons (Fsp3) is 0.900. The molecule has 0 aromatic carbocycles. The van der Waals surface area contributed by atoms with Crippen molar-refractivity contribution in [3.8, 4) is 0 Å². The van der Waals surface area contributed by atoms with Gasteiger partial charge >= 0.3 is 0 Å². The van der Waals surface area contributed by atoms with Crippen LogP contribution in [-0.2, 0) is 9.22 Å². The molecule has 0 radical (unpaired) electrons. The summed E-state index contributed by atoms with van der Waals surface area (Å²) in [5, 5.41) is 0.210. The summed E-state index contributed by atoms with van der Waals surface area (Å²) in [5.41, 5.74) is 1.95. The summed E-state index contributed by atoms with van der Waals surface area (Å²) in [5.74, 6) is 4.72. The predicted octanol–water partition coefficient (Wildman–Crippen LogP) is 8.28. The number of fused-ring (bicyclic) bond motifs is 3. The molecule has 3 heteroatoms. The van der Waals surface area contributed by atoms with Gasteiger partial charge in [0.2, 0.25) is 0 Å². The van der Waals surface area contributed by atoms with Gasteiger partial charge in [0.05, 0.1) is 0 Å². The molecule has 4 aliphatic rings. The number of rotatable bonds is 3. The van der Waals surface area contributed by atoms with Crippen LogP contribution < -0.4 is 0 Å². The maximum atomic E-state index is 14.3. The van der Waals surface area contributed by atoms with Crippen LogP contribution in [0.3, 0.4) is 0 Å². The maximum absolute atomic E-state index is 14.3. The van der Waals surface area contributed by atoms with Crippen molar-refractivity contribution in [3.05, 3.63) is 11.6 Å². The van der Waals surface area contributed by atoms with Crippen LogP contribution in [0.2, 0.25) is 18.1 Å². The van der Waals surface area contributed by atoms with Gasteiger partial charge in [-0.2, -0.15) is 0 Å². The van der Waals surface area contributed by atoms with Crippen LogP contribution in [0, 0.1) is 52.8 Å². The minimum Gasteiger partial charge on any atom is -0.414 e. The quantitative estimate of drug-likeness (QED) is 0.305. The molecule has 0 N–H and O–H groups in total. The van der Waals surface area contributed by atoms with Gasteiger partial charge in [0.25, 0.3) is 0 Å². The third-order valence-corrected chi connectivity index (χ3v) is 16.0. The average molecular weight is 473 g/mol. The Morgan fingerprint density at radius 1 is 1.12 bits per heavy atom. The molecule has 0 heterocycles. The zero-order chi connectivity index (χ0) is 24.5. The third-order valence-electron chi connectivity index (χ3n) is 11.5. The molecule has 0 aliphatic heterocycles. The van der Waals surface area contributed by atoms with Crippen molar-refractivity contribution in [3.63, 3.8) is 0 Å². The zero-order valence-electron chi connectivity index (χ0n) is 23.3. The van der Waals surface area contributed by atoms with Crippen LogP contribution in [0.15, 0.2) is 11.6 Å². The first-order valence-corrected chi connectivity index (χ1v) is 17.0. The predicted molar refractivity (Wildman–Crippen MR) is 142 cm³/mol. The van der Waals surface area contributed by atoms with E-state index < -0.39 is 8.32 Å². The first kappa shape index (κ1) is 25.7. The van der Waals surface area contributed by atoms with Crippen LogP contribution >= 0.6 is 0 Å². The SMILES string of the molecule is CC1=CC[C@H]2[C@@H](C)[C@H](O[Si](C)(C)C(C)(C)C)C[C@H]2C(=O)[C@H]2C[C@@H]3[C@@H](C(C)C)CC[C@@]3(C)C[C@@H]12. The molecule has 9 atom stereocenters. The van der Waals surface area contributed by atoms with E-state index in [4.69, 9.17) is 4.43 Å². The van der Waals surface area contributed by atoms with Gasteiger partial charge in [-0.1, -0.05) is 60.1 Å². The van der Waals surface area contributed by atoms with Crippen LogP contribution in [-0.4, -0.2) is 20.2 Å². The van der Waals surface area contributed by atoms with E-state index in [0.29, 0.717) is 29.0 Å². The van der Waals surface area contributed by atoms with E-state index >= 15 is 0 Å². The molecule has 0 saturated heterocycles. The summed E-state index contributed by atoms with van der Waals surface area (Å²) >= 11 is 0. The highest BCUT2D eigenvalue weighted by atomic mass is 28.4. The summed E-state index contributed by atoms with van der Waals surface area (Å²) in [6.45, 7) is 23.8. The minimum absolute atomic E-state index is 0.204. The van der Waals surface area contributed by atoms with E-state index in [1.165, 1.54) is 24.8 Å². The molecule has 0 unspecified atom stereocenters. The van der Waals surface area contributed by atoms with E-state index in [2.05, 4.69) is 74.6 Å². The molecule has 0 spiro atoms. The lowest BCUT2D eigenvalue weighted by Crippen LogP contribution is -2.45. The van der Waals surface area contributed by atoms with E-state index in [1.807, 2.05) is 0 Å². The molecule has 0 amide bonds. The molecule has 33 heavy (non-hydrogen) atoms. The number of ketones is 1. The lowest BCUT2D eigenvalue weighted by molar-refractivity contribution is -0.133. The maximum Gasteiger partial charge on any atom is 0.192 e. The third kappa shape index (κ3) is 4.37. The number of carbonyl (C=O) groups is 1. The lowest BCUT2D eigenvalue weighted by Gasteiger charge is -2.48. The monoisotopic (exact) mass is 472 g/mol. The summed E-state index contributed by atoms with van der Waals surface area (Å²) in [6, 6.07) is 0. The Morgan fingerprint density at radius 3 is 2.39 bits per heavy atom. The molecule has 188 valence electrons. The van der Waals surface area contributed by atoms with Crippen molar-refractivity contribution in [2.75, 3.05) is 0 Å². The first-order valence-electron chi connectivity index (χ1n) is 14.0. The van der Waals surface area contributed by atoms with Crippen molar-refractivity contribution in [1.29, 1.82) is 0 Å². The fourth-order valence-corrected chi connectivity index (χ4v) is 9.65. The molecule has 0 bridgehead atoms. The van der Waals surface area contributed by atoms with Crippen molar-refractivity contribution in [2.24, 2.45) is 52.8 Å². The van der Waals surface area contributed by atoms with Crippen LogP contribution in [0.25, 0.3) is 0 Å². The molecule has 2 nitrogen and oxygen atoms in total. The van der Waals surface area contributed by atoms with Crippen molar-refractivity contribution < 1.29 is 9.22 Å². The lowest BCUT2D eigenvalue weighted by atomic mass is 9.55. The Labute approximate surface area is 205 Å². The molecule has 0 aromatic heterocycles. The minimum atomic E-state index is -1.85. The van der Waals surface area contributed by atoms with Gasteiger partial charge in [-0.15, -0.1) is 0 Å². The van der Waals surface area contributed by atoms with Crippen LogP contribution in [0.4, 0.5) is 0 Å². The summed E-state index contributed by atoms with van der Waals surface area (Å²) in [6.07, 6.45) is 9.92. The number of allylic oxidation sites excluding steroid dienone is 2. The Morgan fingerprint density at radius 2 is 1.79 bits per heavy atom. The van der Waals surface area contributed by atoms with E-state index in [0.717, 1.165) is 37.0 Å². The average Bonchev–Trinajstić information content (AvgIpc) is 3.19. The van der Waals surface area contributed by atoms with Crippen LogP contribution in [0.5, 0.6) is 0 Å². The Hall–Kier alpha value is -0.413. The molecule has 3 fully saturated rings. The van der Waals surface area contributed by atoms with E-state index in [1.54, 1.807) is 0 Å². The second-order valence-corrected chi connectivity index (χ2v) is 19.5. The van der Waals surface area contributed by atoms with Gasteiger partial charge in [0.15, 0.2) is 8.32 Å². The fourth-order valence-electron chi connectivity index (χ4n) is 8.23. The normalized spacial score (nSPS) is 44.1. The standard InChI is InChI=1S/C30H52O2Si/c1-18(2)21-13-14-30(8)17-25-19(3)11-12-22-20(4)27(32-33(9,10)29(5,6)7)16-24(22)28(31)23(25)15-26(21)30/h11,18,20-27H,12-17H2,1-10H3/t20-,21-,22+,23+,24-,25+,26-,27-,30+/m1/s1. The second kappa shape index (κ2) is 8.61. The Balaban J connectivity index is 1.61. The molecule has 4 rings (SSSR count). The number of hydrogen-bond acceptors (Lipinski definition) is 2. The van der Waals surface area contributed by atoms with Gasteiger partial charge < -0.3 is 4.43 Å². The second-order valence-electron chi connectivity index (χ2n) is 14.7. The van der Waals surface area contributed by atoms with Crippen molar-refractivity contribution in [2.45, 2.75) is 118 Å². The smallest absolute Gasteiger partial charge is 0.192 e. The summed E-state index contributed by atoms with van der Waals surface area (Å²) in [7, 11) is -1.85. The van der Waals surface area contributed by atoms with E-state index in [9.17, 15) is 4.79 Å². The largest absolute Gasteiger partial charge is 0.414 e. The highest BCUT2D eigenvalue weighted by molar-refractivity contribution is 6.74.